The Bertz CT molecular complexity index is 284. The van der Waals surface area contributed by atoms with Crippen molar-refractivity contribution in [2.75, 3.05) is 13.2 Å². The molecule has 7 heteroatoms. The van der Waals surface area contributed by atoms with Crippen LogP contribution >= 0.6 is 0 Å². The van der Waals surface area contributed by atoms with E-state index in [1.165, 1.54) is 0 Å². The Kier molecular flexibility index (Phi) is 5.16. The van der Waals surface area contributed by atoms with Gasteiger partial charge in [0.2, 0.25) is 11.6 Å². The lowest BCUT2D eigenvalue weighted by molar-refractivity contribution is -0.153. The predicted octanol–water partition coefficient (Wildman–Crippen LogP) is -2.62. The van der Waals surface area contributed by atoms with E-state index in [4.69, 9.17) is 14.9 Å². The van der Waals surface area contributed by atoms with Crippen molar-refractivity contribution in [2.45, 2.75) is 37.3 Å². The first kappa shape index (κ1) is 14.2. The number of carbonyl (C=O) groups is 2. The van der Waals surface area contributed by atoms with Crippen LogP contribution in [0, 0.1) is 0 Å². The molecule has 1 aliphatic heterocycles. The van der Waals surface area contributed by atoms with Gasteiger partial charge in [0.15, 0.2) is 0 Å². The Labute approximate surface area is 97.6 Å². The Morgan fingerprint density at radius 2 is 1.88 bits per heavy atom. The number of ether oxygens (including phenoxy) is 1. The zero-order valence-corrected chi connectivity index (χ0v) is 9.15. The minimum atomic E-state index is -2.02. The van der Waals surface area contributed by atoms with Gasteiger partial charge in [0.1, 0.15) is 18.3 Å². The molecule has 0 bridgehead atoms. The summed E-state index contributed by atoms with van der Waals surface area (Å²) in [5.74, 6) is -2.54. The van der Waals surface area contributed by atoms with Crippen LogP contribution in [0.15, 0.2) is 0 Å². The minimum Gasteiger partial charge on any atom is -0.394 e. The number of aliphatic hydroxyl groups excluding tert-OH is 4. The molecule has 98 valence electrons. The van der Waals surface area contributed by atoms with Crippen molar-refractivity contribution in [2.24, 2.45) is 0 Å². The van der Waals surface area contributed by atoms with Gasteiger partial charge in [-0.05, 0) is 12.8 Å². The van der Waals surface area contributed by atoms with Crippen molar-refractivity contribution >= 4 is 11.6 Å². The van der Waals surface area contributed by atoms with Gasteiger partial charge in [-0.1, -0.05) is 0 Å². The first-order chi connectivity index (χ1) is 7.99. The van der Waals surface area contributed by atoms with E-state index in [1.807, 2.05) is 0 Å². The van der Waals surface area contributed by atoms with Crippen LogP contribution in [0.25, 0.3) is 0 Å². The van der Waals surface area contributed by atoms with E-state index in [2.05, 4.69) is 0 Å². The lowest BCUT2D eigenvalue weighted by Crippen LogP contribution is -2.46. The summed E-state index contributed by atoms with van der Waals surface area (Å²) in [4.78, 5) is 22.8. The maximum absolute atomic E-state index is 11.5. The first-order valence-electron chi connectivity index (χ1n) is 5.33. The maximum Gasteiger partial charge on any atom is 0.232 e. The minimum absolute atomic E-state index is 0.408. The van der Waals surface area contributed by atoms with Crippen molar-refractivity contribution in [1.82, 2.24) is 0 Å². The quantitative estimate of drug-likeness (QED) is 0.379. The van der Waals surface area contributed by atoms with Crippen molar-refractivity contribution in [3.8, 4) is 0 Å². The number of ketones is 2. The molecule has 1 fully saturated rings. The van der Waals surface area contributed by atoms with Gasteiger partial charge in [0.25, 0.3) is 0 Å². The third kappa shape index (κ3) is 3.30. The first-order valence-corrected chi connectivity index (χ1v) is 5.33. The summed E-state index contributed by atoms with van der Waals surface area (Å²) in [5.41, 5.74) is 0. The van der Waals surface area contributed by atoms with E-state index in [1.54, 1.807) is 0 Å². The second kappa shape index (κ2) is 6.18. The normalized spacial score (nSPS) is 25.3. The van der Waals surface area contributed by atoms with Gasteiger partial charge in [-0.3, -0.25) is 9.59 Å². The van der Waals surface area contributed by atoms with Crippen LogP contribution in [0.1, 0.15) is 12.8 Å². The number of hydrogen-bond acceptors (Lipinski definition) is 7. The van der Waals surface area contributed by atoms with Crippen LogP contribution in [0.4, 0.5) is 0 Å². The molecule has 0 aromatic heterocycles. The molecule has 2 unspecified atom stereocenters. The molecule has 4 N–H and O–H groups in total. The third-order valence-corrected chi connectivity index (χ3v) is 2.65. The summed E-state index contributed by atoms with van der Waals surface area (Å²) in [6.07, 6.45) is -4.99. The molecule has 0 amide bonds. The zero-order chi connectivity index (χ0) is 13.0. The number of Topliss-reactive ketones (excluding diaryl/α,β-unsaturated/α-hetero) is 2. The summed E-state index contributed by atoms with van der Waals surface area (Å²) < 4.78 is 5.04. The summed E-state index contributed by atoms with van der Waals surface area (Å²) in [5, 5.41) is 36.3. The van der Waals surface area contributed by atoms with E-state index in [0.717, 1.165) is 0 Å². The molecule has 0 saturated carbocycles. The number of hydrogen-bond donors (Lipinski definition) is 4. The standard InChI is InChI=1S/C10H16O7/c11-4-5(12)7(13)9(15)10(16)8(14)6-2-1-3-17-6/h5-8,11-14H,1-4H2/t5-,6?,7-,8?/m1/s1. The molecule has 1 heterocycles. The molecule has 4 atom stereocenters. The van der Waals surface area contributed by atoms with Crippen molar-refractivity contribution < 1.29 is 34.8 Å². The second-order valence-corrected chi connectivity index (χ2v) is 3.92. The smallest absolute Gasteiger partial charge is 0.232 e. The van der Waals surface area contributed by atoms with Gasteiger partial charge in [0.05, 0.1) is 12.7 Å². The Morgan fingerprint density at radius 3 is 2.35 bits per heavy atom. The fourth-order valence-corrected chi connectivity index (χ4v) is 1.59. The summed E-state index contributed by atoms with van der Waals surface area (Å²) in [6.45, 7) is -0.443. The molecule has 1 saturated heterocycles. The van der Waals surface area contributed by atoms with Gasteiger partial charge in [-0.2, -0.15) is 0 Å². The zero-order valence-electron chi connectivity index (χ0n) is 9.15. The van der Waals surface area contributed by atoms with Crippen molar-refractivity contribution in [3.05, 3.63) is 0 Å². The maximum atomic E-state index is 11.5. The lowest BCUT2D eigenvalue weighted by Gasteiger charge is -2.18. The molecule has 0 aliphatic carbocycles. The molecule has 1 aliphatic rings. The van der Waals surface area contributed by atoms with Crippen LogP contribution in [-0.4, -0.2) is 69.6 Å². The van der Waals surface area contributed by atoms with Gasteiger partial charge >= 0.3 is 0 Å². The fourth-order valence-electron chi connectivity index (χ4n) is 1.59. The van der Waals surface area contributed by atoms with Gasteiger partial charge in [0, 0.05) is 6.61 Å². The van der Waals surface area contributed by atoms with E-state index >= 15 is 0 Å². The third-order valence-electron chi connectivity index (χ3n) is 2.65. The van der Waals surface area contributed by atoms with Crippen molar-refractivity contribution in [1.29, 1.82) is 0 Å². The molecule has 7 nitrogen and oxygen atoms in total. The Hall–Kier alpha value is -0.860. The molecule has 0 aromatic carbocycles. The highest BCUT2D eigenvalue weighted by atomic mass is 16.5. The SMILES string of the molecule is O=C(C(=O)[C@H](O)[C@H](O)CO)C(O)C1CCCO1. The van der Waals surface area contributed by atoms with Gasteiger partial charge < -0.3 is 25.2 Å². The fraction of sp³-hybridized carbons (Fsp3) is 0.800. The van der Waals surface area contributed by atoms with E-state index in [0.29, 0.717) is 19.4 Å². The largest absolute Gasteiger partial charge is 0.394 e. The highest BCUT2D eigenvalue weighted by Gasteiger charge is 2.37. The lowest BCUT2D eigenvalue weighted by atomic mass is 9.99. The predicted molar refractivity (Wildman–Crippen MR) is 54.1 cm³/mol. The molecular weight excluding hydrogens is 232 g/mol. The molecule has 17 heavy (non-hydrogen) atoms. The van der Waals surface area contributed by atoms with Crippen LogP contribution in [0.3, 0.4) is 0 Å². The van der Waals surface area contributed by atoms with E-state index in [-0.39, 0.29) is 0 Å². The van der Waals surface area contributed by atoms with Gasteiger partial charge in [-0.15, -0.1) is 0 Å². The van der Waals surface area contributed by atoms with Crippen LogP contribution < -0.4 is 0 Å². The van der Waals surface area contributed by atoms with E-state index in [9.17, 15) is 19.8 Å². The highest BCUT2D eigenvalue weighted by Crippen LogP contribution is 2.17. The Balaban J connectivity index is 2.59. The van der Waals surface area contributed by atoms with Crippen LogP contribution in [-0.2, 0) is 14.3 Å². The molecule has 0 radical (unpaired) electrons. The summed E-state index contributed by atoms with van der Waals surface area (Å²) in [6, 6.07) is 0. The molecule has 0 aromatic rings. The van der Waals surface area contributed by atoms with Crippen molar-refractivity contribution in [3.63, 3.8) is 0 Å². The Morgan fingerprint density at radius 1 is 1.24 bits per heavy atom. The second-order valence-electron chi connectivity index (χ2n) is 3.92. The van der Waals surface area contributed by atoms with Gasteiger partial charge in [-0.25, -0.2) is 0 Å². The van der Waals surface area contributed by atoms with Crippen LogP contribution in [0.5, 0.6) is 0 Å². The average molecular weight is 248 g/mol. The molecule has 1 rings (SSSR count). The average Bonchev–Trinajstić information content (AvgIpc) is 2.87. The number of aliphatic hydroxyl groups is 4. The summed E-state index contributed by atoms with van der Waals surface area (Å²) >= 11 is 0. The topological polar surface area (TPSA) is 124 Å². The number of rotatable bonds is 6. The van der Waals surface area contributed by atoms with Crippen LogP contribution in [0.2, 0.25) is 0 Å². The number of carbonyl (C=O) groups excluding carboxylic acids is 2. The van der Waals surface area contributed by atoms with E-state index < -0.39 is 42.6 Å². The molecule has 0 spiro atoms. The summed E-state index contributed by atoms with van der Waals surface area (Å²) in [7, 11) is 0. The monoisotopic (exact) mass is 248 g/mol. The molecular formula is C10H16O7. The highest BCUT2D eigenvalue weighted by molar-refractivity contribution is 6.40.